The predicted octanol–water partition coefficient (Wildman–Crippen LogP) is 3.52. The first kappa shape index (κ1) is 16.1. The standard InChI is InChI=1S/C12H11NO4S4/c1-2-17-11(14)9-10(19-20-12(9)18)13-21(15,16)8-6-4-3-5-7-8/h3-7,13H,2H2,1H3. The van der Waals surface area contributed by atoms with Crippen molar-refractivity contribution >= 4 is 53.9 Å². The number of hydrogen-bond acceptors (Lipinski definition) is 7. The number of carbonyl (C=O) groups excluding carboxylic acids is 1. The number of benzene rings is 1. The minimum absolute atomic E-state index is 0.0985. The molecule has 5 nitrogen and oxygen atoms in total. The van der Waals surface area contributed by atoms with Crippen LogP contribution in [0.4, 0.5) is 5.00 Å². The van der Waals surface area contributed by atoms with Gasteiger partial charge in [-0.25, -0.2) is 13.2 Å². The average molecular weight is 361 g/mol. The highest BCUT2D eigenvalue weighted by molar-refractivity contribution is 7.93. The Morgan fingerprint density at radius 1 is 1.29 bits per heavy atom. The molecule has 0 unspecified atom stereocenters. The Hall–Kier alpha value is -1.29. The highest BCUT2D eigenvalue weighted by Gasteiger charge is 2.22. The Morgan fingerprint density at radius 2 is 1.95 bits per heavy atom. The molecule has 21 heavy (non-hydrogen) atoms. The molecule has 0 fully saturated rings. The third-order valence-corrected chi connectivity index (χ3v) is 6.82. The first-order valence-corrected chi connectivity index (χ1v) is 9.88. The molecular formula is C12H11NO4S4. The fourth-order valence-electron chi connectivity index (χ4n) is 1.48. The molecule has 0 saturated carbocycles. The lowest BCUT2D eigenvalue weighted by molar-refractivity contribution is 0.0528. The number of rotatable bonds is 5. The number of nitrogens with one attached hydrogen (secondary N) is 1. The van der Waals surface area contributed by atoms with Gasteiger partial charge in [-0.15, -0.1) is 0 Å². The van der Waals surface area contributed by atoms with Crippen molar-refractivity contribution in [1.29, 1.82) is 0 Å². The van der Waals surface area contributed by atoms with Crippen molar-refractivity contribution in [3.63, 3.8) is 0 Å². The molecule has 1 heterocycles. The summed E-state index contributed by atoms with van der Waals surface area (Å²) in [6.45, 7) is 1.86. The maximum Gasteiger partial charge on any atom is 0.343 e. The summed E-state index contributed by atoms with van der Waals surface area (Å²) < 4.78 is 32.1. The van der Waals surface area contributed by atoms with E-state index in [4.69, 9.17) is 17.0 Å². The van der Waals surface area contributed by atoms with E-state index in [0.717, 1.165) is 20.7 Å². The summed E-state index contributed by atoms with van der Waals surface area (Å²) in [5, 5.41) is 0.187. The molecule has 0 radical (unpaired) electrons. The van der Waals surface area contributed by atoms with Crippen molar-refractivity contribution in [2.24, 2.45) is 0 Å². The number of hydrogen-bond donors (Lipinski definition) is 1. The third-order valence-electron chi connectivity index (χ3n) is 2.39. The van der Waals surface area contributed by atoms with Gasteiger partial charge in [-0.05, 0) is 19.1 Å². The summed E-state index contributed by atoms with van der Waals surface area (Å²) in [6.07, 6.45) is 0. The Balaban J connectivity index is 2.37. The lowest BCUT2D eigenvalue weighted by Crippen LogP contribution is -2.15. The van der Waals surface area contributed by atoms with E-state index in [1.165, 1.54) is 12.1 Å². The molecule has 0 aliphatic carbocycles. The molecule has 2 aromatic rings. The van der Waals surface area contributed by atoms with E-state index in [1.54, 1.807) is 25.1 Å². The highest BCUT2D eigenvalue weighted by Crippen LogP contribution is 2.32. The van der Waals surface area contributed by atoms with Crippen LogP contribution in [0.1, 0.15) is 17.3 Å². The smallest absolute Gasteiger partial charge is 0.343 e. The zero-order chi connectivity index (χ0) is 15.5. The van der Waals surface area contributed by atoms with Crippen LogP contribution in [0.15, 0.2) is 35.2 Å². The lowest BCUT2D eigenvalue weighted by Gasteiger charge is -2.07. The average Bonchev–Trinajstić information content (AvgIpc) is 2.80. The number of esters is 1. The quantitative estimate of drug-likeness (QED) is 0.501. The van der Waals surface area contributed by atoms with Crippen LogP contribution in [0.5, 0.6) is 0 Å². The van der Waals surface area contributed by atoms with E-state index in [0.29, 0.717) is 3.82 Å². The molecular weight excluding hydrogens is 350 g/mol. The minimum atomic E-state index is -3.76. The van der Waals surface area contributed by atoms with Gasteiger partial charge in [0.15, 0.2) is 0 Å². The maximum atomic E-state index is 12.3. The first-order valence-electron chi connectivity index (χ1n) is 5.84. The van der Waals surface area contributed by atoms with Crippen LogP contribution in [-0.4, -0.2) is 21.0 Å². The normalized spacial score (nSPS) is 11.1. The molecule has 9 heteroatoms. The van der Waals surface area contributed by atoms with Gasteiger partial charge in [-0.2, -0.15) is 0 Å². The van der Waals surface area contributed by atoms with Crippen LogP contribution in [0.2, 0.25) is 0 Å². The molecule has 112 valence electrons. The molecule has 0 bridgehead atoms. The summed E-state index contributed by atoms with van der Waals surface area (Å²) in [4.78, 5) is 12.0. The summed E-state index contributed by atoms with van der Waals surface area (Å²) >= 11 is 5.06. The number of ether oxygens (including phenoxy) is 1. The monoisotopic (exact) mass is 361 g/mol. The Morgan fingerprint density at radius 3 is 2.57 bits per heavy atom. The zero-order valence-electron chi connectivity index (χ0n) is 10.9. The van der Waals surface area contributed by atoms with Gasteiger partial charge in [-0.3, -0.25) is 4.72 Å². The molecule has 0 spiro atoms. The second kappa shape index (κ2) is 6.65. The Kier molecular flexibility index (Phi) is 5.09. The number of sulfonamides is 1. The van der Waals surface area contributed by atoms with Crippen LogP contribution in [0.3, 0.4) is 0 Å². The number of carbonyl (C=O) groups is 1. The van der Waals surface area contributed by atoms with Crippen molar-refractivity contribution in [3.05, 3.63) is 39.7 Å². The van der Waals surface area contributed by atoms with Gasteiger partial charge in [0.25, 0.3) is 10.0 Å². The van der Waals surface area contributed by atoms with Gasteiger partial charge in [0.2, 0.25) is 0 Å². The van der Waals surface area contributed by atoms with E-state index in [1.807, 2.05) is 0 Å². The molecule has 0 aliphatic heterocycles. The van der Waals surface area contributed by atoms with Gasteiger partial charge in [-0.1, -0.05) is 51.1 Å². The second-order valence-electron chi connectivity index (χ2n) is 3.80. The molecule has 0 atom stereocenters. The molecule has 0 amide bonds. The van der Waals surface area contributed by atoms with Gasteiger partial charge < -0.3 is 4.74 Å². The van der Waals surface area contributed by atoms with Crippen molar-refractivity contribution in [2.75, 3.05) is 11.3 Å². The maximum absolute atomic E-state index is 12.3. The molecule has 1 aromatic carbocycles. The van der Waals surface area contributed by atoms with E-state index in [-0.39, 0.29) is 22.1 Å². The second-order valence-corrected chi connectivity index (χ2v) is 8.30. The van der Waals surface area contributed by atoms with Crippen molar-refractivity contribution < 1.29 is 17.9 Å². The summed E-state index contributed by atoms with van der Waals surface area (Å²) in [5.74, 6) is -0.620. The summed E-state index contributed by atoms with van der Waals surface area (Å²) in [5.41, 5.74) is 0.0985. The fourth-order valence-corrected chi connectivity index (χ4v) is 5.53. The lowest BCUT2D eigenvalue weighted by atomic mass is 10.4. The van der Waals surface area contributed by atoms with Crippen LogP contribution < -0.4 is 4.72 Å². The summed E-state index contributed by atoms with van der Waals surface area (Å²) in [6, 6.07) is 7.90. The topological polar surface area (TPSA) is 72.5 Å². The SMILES string of the molecule is CCOC(=O)c1c(NS(=O)(=O)c2ccccc2)ssc1=S. The van der Waals surface area contributed by atoms with Gasteiger partial charge in [0.05, 0.1) is 11.5 Å². The van der Waals surface area contributed by atoms with Gasteiger partial charge in [0.1, 0.15) is 14.4 Å². The highest BCUT2D eigenvalue weighted by atomic mass is 32.9. The molecule has 1 N–H and O–H groups in total. The van der Waals surface area contributed by atoms with E-state index in [9.17, 15) is 13.2 Å². The first-order chi connectivity index (χ1) is 9.95. The largest absolute Gasteiger partial charge is 0.462 e. The van der Waals surface area contributed by atoms with Crippen molar-refractivity contribution in [1.82, 2.24) is 0 Å². The zero-order valence-corrected chi connectivity index (χ0v) is 14.1. The Labute approximate surface area is 134 Å². The van der Waals surface area contributed by atoms with Crippen LogP contribution >= 0.6 is 32.9 Å². The van der Waals surface area contributed by atoms with Crippen LogP contribution in [0, 0.1) is 3.82 Å². The van der Waals surface area contributed by atoms with Gasteiger partial charge >= 0.3 is 5.97 Å². The Bertz CT molecular complexity index is 792. The molecule has 1 aromatic heterocycles. The van der Waals surface area contributed by atoms with Crippen molar-refractivity contribution in [2.45, 2.75) is 11.8 Å². The van der Waals surface area contributed by atoms with E-state index in [2.05, 4.69) is 4.72 Å². The molecule has 0 aliphatic rings. The van der Waals surface area contributed by atoms with Crippen molar-refractivity contribution in [3.8, 4) is 0 Å². The van der Waals surface area contributed by atoms with E-state index < -0.39 is 16.0 Å². The van der Waals surface area contributed by atoms with Crippen LogP contribution in [-0.2, 0) is 14.8 Å². The third kappa shape index (κ3) is 3.67. The molecule has 0 saturated heterocycles. The fraction of sp³-hybridized carbons (Fsp3) is 0.167. The number of anilines is 1. The van der Waals surface area contributed by atoms with Crippen LogP contribution in [0.25, 0.3) is 0 Å². The summed E-state index contributed by atoms with van der Waals surface area (Å²) in [7, 11) is -1.51. The molecule has 2 rings (SSSR count). The van der Waals surface area contributed by atoms with E-state index >= 15 is 0 Å². The predicted molar refractivity (Wildman–Crippen MR) is 86.2 cm³/mol. The minimum Gasteiger partial charge on any atom is -0.462 e. The van der Waals surface area contributed by atoms with Gasteiger partial charge in [0, 0.05) is 0 Å².